The summed E-state index contributed by atoms with van der Waals surface area (Å²) >= 11 is 0. The summed E-state index contributed by atoms with van der Waals surface area (Å²) in [7, 11) is 0. The van der Waals surface area contributed by atoms with Crippen LogP contribution in [0.5, 0.6) is 0 Å². The Morgan fingerprint density at radius 2 is 1.65 bits per heavy atom. The van der Waals surface area contributed by atoms with E-state index in [2.05, 4.69) is 50.5 Å². The number of hydrogen-bond donors (Lipinski definition) is 2. The van der Waals surface area contributed by atoms with Gasteiger partial charge < -0.3 is 15.4 Å². The van der Waals surface area contributed by atoms with Crippen LogP contribution >= 0.6 is 0 Å². The second-order valence-electron chi connectivity index (χ2n) is 7.49. The Morgan fingerprint density at radius 1 is 1.13 bits per heavy atom. The predicted octanol–water partition coefficient (Wildman–Crippen LogP) is 4.18. The molecule has 0 saturated carbocycles. The van der Waals surface area contributed by atoms with E-state index in [9.17, 15) is 4.79 Å². The van der Waals surface area contributed by atoms with Crippen molar-refractivity contribution in [2.45, 2.75) is 73.1 Å². The second kappa shape index (κ2) is 7.82. The number of rotatable bonds is 5. The lowest BCUT2D eigenvalue weighted by atomic mass is 9.95. The van der Waals surface area contributed by atoms with E-state index in [4.69, 9.17) is 4.74 Å². The van der Waals surface area contributed by atoms with E-state index in [1.165, 1.54) is 22.3 Å². The first-order chi connectivity index (χ1) is 10.5. The first-order valence-corrected chi connectivity index (χ1v) is 8.30. The standard InChI is InChI=1S/C19H32N2O2/c1-12-9-13(2)17(14(3)10-12)16(5)20-11-15(4)21-18(22)23-19(6,7)8/h9-10,15-16,20H,11H2,1-8H3,(H,21,22). The smallest absolute Gasteiger partial charge is 0.407 e. The highest BCUT2D eigenvalue weighted by atomic mass is 16.6. The van der Waals surface area contributed by atoms with Gasteiger partial charge in [0.1, 0.15) is 5.60 Å². The highest BCUT2D eigenvalue weighted by molar-refractivity contribution is 5.68. The molecule has 2 unspecified atom stereocenters. The number of nitrogens with one attached hydrogen (secondary N) is 2. The maximum atomic E-state index is 11.8. The minimum Gasteiger partial charge on any atom is -0.444 e. The second-order valence-corrected chi connectivity index (χ2v) is 7.49. The summed E-state index contributed by atoms with van der Waals surface area (Å²) in [4.78, 5) is 11.8. The molecule has 0 radical (unpaired) electrons. The summed E-state index contributed by atoms with van der Waals surface area (Å²) < 4.78 is 5.27. The monoisotopic (exact) mass is 320 g/mol. The molecule has 1 rings (SSSR count). The molecule has 4 nitrogen and oxygen atoms in total. The zero-order chi connectivity index (χ0) is 17.8. The normalized spacial score (nSPS) is 14.3. The number of amides is 1. The van der Waals surface area contributed by atoms with E-state index in [1.807, 2.05) is 27.7 Å². The quantitative estimate of drug-likeness (QED) is 0.856. The molecule has 1 aromatic carbocycles. The Balaban J connectivity index is 2.56. The van der Waals surface area contributed by atoms with Gasteiger partial charge in [-0.05, 0) is 72.1 Å². The molecular formula is C19H32N2O2. The third-order valence-corrected chi connectivity index (χ3v) is 3.66. The Kier molecular flexibility index (Phi) is 6.63. The van der Waals surface area contributed by atoms with Crippen molar-refractivity contribution >= 4 is 6.09 Å². The van der Waals surface area contributed by atoms with Crippen LogP contribution in [0.3, 0.4) is 0 Å². The minimum absolute atomic E-state index is 0.00152. The summed E-state index contributed by atoms with van der Waals surface area (Å²) in [5, 5.41) is 6.36. The van der Waals surface area contributed by atoms with Crippen molar-refractivity contribution in [1.29, 1.82) is 0 Å². The van der Waals surface area contributed by atoms with Gasteiger partial charge in [0.25, 0.3) is 0 Å². The molecule has 0 saturated heterocycles. The SMILES string of the molecule is Cc1cc(C)c(C(C)NCC(C)NC(=O)OC(C)(C)C)c(C)c1. The van der Waals surface area contributed by atoms with Crippen LogP contribution in [0, 0.1) is 20.8 Å². The number of carbonyl (C=O) groups excluding carboxylic acids is 1. The zero-order valence-electron chi connectivity index (χ0n) is 15.8. The fourth-order valence-corrected chi connectivity index (χ4v) is 2.89. The maximum absolute atomic E-state index is 11.8. The highest BCUT2D eigenvalue weighted by Crippen LogP contribution is 2.23. The van der Waals surface area contributed by atoms with Gasteiger partial charge in [0.05, 0.1) is 0 Å². The molecule has 0 bridgehead atoms. The average Bonchev–Trinajstić information content (AvgIpc) is 2.32. The zero-order valence-corrected chi connectivity index (χ0v) is 15.8. The first-order valence-electron chi connectivity index (χ1n) is 8.30. The van der Waals surface area contributed by atoms with E-state index in [0.717, 1.165) is 0 Å². The summed E-state index contributed by atoms with van der Waals surface area (Å²) in [6.45, 7) is 16.8. The van der Waals surface area contributed by atoms with Crippen LogP contribution in [0.4, 0.5) is 4.79 Å². The molecular weight excluding hydrogens is 288 g/mol. The number of carbonyl (C=O) groups is 1. The van der Waals surface area contributed by atoms with Crippen LogP contribution < -0.4 is 10.6 Å². The third-order valence-electron chi connectivity index (χ3n) is 3.66. The lowest BCUT2D eigenvalue weighted by Gasteiger charge is -2.24. The third kappa shape index (κ3) is 6.61. The van der Waals surface area contributed by atoms with Gasteiger partial charge >= 0.3 is 6.09 Å². The molecule has 0 aliphatic rings. The number of hydrogen-bond acceptors (Lipinski definition) is 3. The van der Waals surface area contributed by atoms with Crippen molar-refractivity contribution in [3.05, 3.63) is 34.4 Å². The van der Waals surface area contributed by atoms with E-state index in [0.29, 0.717) is 6.54 Å². The number of benzene rings is 1. The van der Waals surface area contributed by atoms with E-state index >= 15 is 0 Å². The summed E-state index contributed by atoms with van der Waals surface area (Å²) in [5.74, 6) is 0. The average molecular weight is 320 g/mol. The molecule has 1 aromatic rings. The summed E-state index contributed by atoms with van der Waals surface area (Å²) in [6, 6.07) is 4.66. The Morgan fingerprint density at radius 3 is 2.13 bits per heavy atom. The molecule has 2 atom stereocenters. The van der Waals surface area contributed by atoms with Crippen LogP contribution in [0.1, 0.15) is 62.9 Å². The van der Waals surface area contributed by atoms with Gasteiger partial charge in [-0.1, -0.05) is 17.7 Å². The van der Waals surface area contributed by atoms with Gasteiger partial charge in [-0.3, -0.25) is 0 Å². The molecule has 0 heterocycles. The van der Waals surface area contributed by atoms with Gasteiger partial charge in [-0.2, -0.15) is 0 Å². The molecule has 0 spiro atoms. The highest BCUT2D eigenvalue weighted by Gasteiger charge is 2.18. The fraction of sp³-hybridized carbons (Fsp3) is 0.632. The molecule has 23 heavy (non-hydrogen) atoms. The van der Waals surface area contributed by atoms with Crippen molar-refractivity contribution < 1.29 is 9.53 Å². The van der Waals surface area contributed by atoms with E-state index in [-0.39, 0.29) is 18.2 Å². The molecule has 1 amide bonds. The summed E-state index contributed by atoms with van der Waals surface area (Å²) in [5.41, 5.74) is 4.75. The molecule has 0 fully saturated rings. The first kappa shape index (κ1) is 19.5. The maximum Gasteiger partial charge on any atom is 0.407 e. The van der Waals surface area contributed by atoms with Gasteiger partial charge in [0.15, 0.2) is 0 Å². The lowest BCUT2D eigenvalue weighted by molar-refractivity contribution is 0.0507. The molecule has 130 valence electrons. The van der Waals surface area contributed by atoms with E-state index in [1.54, 1.807) is 0 Å². The lowest BCUT2D eigenvalue weighted by Crippen LogP contribution is -2.43. The summed E-state index contributed by atoms with van der Waals surface area (Å²) in [6.07, 6.45) is -0.373. The Hall–Kier alpha value is -1.55. The predicted molar refractivity (Wildman–Crippen MR) is 95.9 cm³/mol. The largest absolute Gasteiger partial charge is 0.444 e. The van der Waals surface area contributed by atoms with Gasteiger partial charge in [-0.15, -0.1) is 0 Å². The minimum atomic E-state index is -0.472. The topological polar surface area (TPSA) is 50.4 Å². The molecule has 0 aliphatic carbocycles. The van der Waals surface area contributed by atoms with Crippen molar-refractivity contribution in [3.8, 4) is 0 Å². The Bertz CT molecular complexity index is 524. The Labute approximate surface area is 141 Å². The van der Waals surface area contributed by atoms with Crippen molar-refractivity contribution in [1.82, 2.24) is 10.6 Å². The number of alkyl carbamates (subject to hydrolysis) is 1. The van der Waals surface area contributed by atoms with Crippen molar-refractivity contribution in [3.63, 3.8) is 0 Å². The fourth-order valence-electron chi connectivity index (χ4n) is 2.89. The van der Waals surface area contributed by atoms with Crippen LogP contribution in [-0.2, 0) is 4.74 Å². The van der Waals surface area contributed by atoms with Crippen LogP contribution in [0.25, 0.3) is 0 Å². The molecule has 2 N–H and O–H groups in total. The molecule has 0 aromatic heterocycles. The van der Waals surface area contributed by atoms with Gasteiger partial charge in [-0.25, -0.2) is 4.79 Å². The van der Waals surface area contributed by atoms with Crippen LogP contribution in [0.2, 0.25) is 0 Å². The van der Waals surface area contributed by atoms with Crippen molar-refractivity contribution in [2.75, 3.05) is 6.54 Å². The van der Waals surface area contributed by atoms with Crippen LogP contribution in [-0.4, -0.2) is 24.3 Å². The van der Waals surface area contributed by atoms with E-state index < -0.39 is 5.60 Å². The number of aryl methyl sites for hydroxylation is 3. The van der Waals surface area contributed by atoms with Crippen molar-refractivity contribution in [2.24, 2.45) is 0 Å². The molecule has 4 heteroatoms. The van der Waals surface area contributed by atoms with Gasteiger partial charge in [0, 0.05) is 18.6 Å². The number of ether oxygens (including phenoxy) is 1. The van der Waals surface area contributed by atoms with Crippen LogP contribution in [0.15, 0.2) is 12.1 Å². The van der Waals surface area contributed by atoms with Gasteiger partial charge in [0.2, 0.25) is 0 Å². The molecule has 0 aliphatic heterocycles.